The van der Waals surface area contributed by atoms with E-state index in [2.05, 4.69) is 10.3 Å². The minimum absolute atomic E-state index is 0.158. The fourth-order valence-corrected chi connectivity index (χ4v) is 4.92. The molecule has 0 aliphatic rings. The number of benzene rings is 1. The number of sulfonamides is 1. The third-order valence-electron chi connectivity index (χ3n) is 3.71. The number of carbonyl (C=O) groups excluding carboxylic acids is 1. The predicted molar refractivity (Wildman–Crippen MR) is 107 cm³/mol. The molecule has 0 atom stereocenters. The third-order valence-corrected chi connectivity index (χ3v) is 7.22. The molecule has 2 rings (SSSR count). The first-order valence-electron chi connectivity index (χ1n) is 8.40. The Kier molecular flexibility index (Phi) is 6.79. The van der Waals surface area contributed by atoms with E-state index in [9.17, 15) is 13.2 Å². The molecule has 0 saturated carbocycles. The van der Waals surface area contributed by atoms with E-state index in [1.54, 1.807) is 31.3 Å². The molecule has 8 nitrogen and oxygen atoms in total. The summed E-state index contributed by atoms with van der Waals surface area (Å²) in [6, 6.07) is 6.58. The molecule has 27 heavy (non-hydrogen) atoms. The number of nitrogens with zero attached hydrogens (tertiary/aromatic N) is 3. The van der Waals surface area contributed by atoms with Gasteiger partial charge in [-0.15, -0.1) is 0 Å². The lowest BCUT2D eigenvalue weighted by atomic mass is 10.3. The van der Waals surface area contributed by atoms with Gasteiger partial charge < -0.3 is 10.1 Å². The van der Waals surface area contributed by atoms with Crippen molar-refractivity contribution in [2.45, 2.75) is 24.5 Å². The highest BCUT2D eigenvalue weighted by atomic mass is 32.2. The average Bonchev–Trinajstić information content (AvgIpc) is 3.08. The maximum Gasteiger partial charge on any atom is 0.327 e. The van der Waals surface area contributed by atoms with Crippen molar-refractivity contribution in [3.63, 3.8) is 0 Å². The number of thiazole rings is 1. The van der Waals surface area contributed by atoms with Crippen LogP contribution in [-0.2, 0) is 16.4 Å². The number of aromatic nitrogens is 1. The summed E-state index contributed by atoms with van der Waals surface area (Å²) < 4.78 is 31.6. The van der Waals surface area contributed by atoms with Gasteiger partial charge in [-0.3, -0.25) is 4.90 Å². The molecule has 2 aromatic rings. The Hall–Kier alpha value is -2.17. The first-order valence-corrected chi connectivity index (χ1v) is 10.7. The number of hydrogen-bond donors (Lipinski definition) is 1. The second-order valence-corrected chi connectivity index (χ2v) is 9.14. The maximum atomic E-state index is 12.5. The van der Waals surface area contributed by atoms with Crippen molar-refractivity contribution in [3.8, 4) is 5.75 Å². The van der Waals surface area contributed by atoms with Crippen molar-refractivity contribution < 1.29 is 17.9 Å². The van der Waals surface area contributed by atoms with Gasteiger partial charge in [0, 0.05) is 26.8 Å². The normalized spacial score (nSPS) is 11.5. The number of ether oxygens (including phenoxy) is 1. The fourth-order valence-electron chi connectivity index (χ4n) is 2.16. The van der Waals surface area contributed by atoms with Crippen molar-refractivity contribution >= 4 is 38.2 Å². The number of amides is 2. The summed E-state index contributed by atoms with van der Waals surface area (Å²) in [5.74, 6) is 0.717. The molecule has 0 unspecified atom stereocenters. The minimum Gasteiger partial charge on any atom is -0.494 e. The smallest absolute Gasteiger partial charge is 0.327 e. The largest absolute Gasteiger partial charge is 0.494 e. The maximum absolute atomic E-state index is 12.5. The molecule has 0 spiro atoms. The lowest BCUT2D eigenvalue weighted by Crippen LogP contribution is -2.31. The van der Waals surface area contributed by atoms with Gasteiger partial charge in [-0.25, -0.2) is 22.5 Å². The van der Waals surface area contributed by atoms with Crippen LogP contribution in [0.25, 0.3) is 0 Å². The summed E-state index contributed by atoms with van der Waals surface area (Å²) in [7, 11) is 0.877. The van der Waals surface area contributed by atoms with Crippen molar-refractivity contribution in [1.29, 1.82) is 0 Å². The van der Waals surface area contributed by atoms with E-state index in [0.29, 0.717) is 29.5 Å². The van der Waals surface area contributed by atoms with Crippen LogP contribution in [0.1, 0.15) is 19.5 Å². The number of rotatable bonds is 7. The van der Waals surface area contributed by atoms with Gasteiger partial charge in [-0.2, -0.15) is 0 Å². The van der Waals surface area contributed by atoms with Crippen LogP contribution in [0.4, 0.5) is 15.6 Å². The molecule has 0 aliphatic carbocycles. The van der Waals surface area contributed by atoms with Crippen LogP contribution >= 0.6 is 11.3 Å². The average molecular weight is 413 g/mol. The van der Waals surface area contributed by atoms with Crippen LogP contribution in [-0.4, -0.2) is 51.5 Å². The molecule has 1 aromatic carbocycles. The quantitative estimate of drug-likeness (QED) is 0.755. The molecule has 0 aliphatic heterocycles. The molecule has 2 amide bonds. The van der Waals surface area contributed by atoms with Gasteiger partial charge in [0.2, 0.25) is 0 Å². The summed E-state index contributed by atoms with van der Waals surface area (Å²) in [6.07, 6.45) is 0.452. The van der Waals surface area contributed by atoms with E-state index >= 15 is 0 Å². The zero-order valence-electron chi connectivity index (χ0n) is 16.0. The van der Waals surface area contributed by atoms with Crippen molar-refractivity contribution in [3.05, 3.63) is 30.0 Å². The van der Waals surface area contributed by atoms with Crippen LogP contribution in [0.2, 0.25) is 0 Å². The van der Waals surface area contributed by atoms with Crippen LogP contribution in [0.5, 0.6) is 5.75 Å². The lowest BCUT2D eigenvalue weighted by molar-refractivity contribution is 0.258. The highest BCUT2D eigenvalue weighted by Gasteiger charge is 2.27. The molecule has 0 fully saturated rings. The Labute approximate surface area is 163 Å². The fraction of sp³-hybridized carbons (Fsp3) is 0.412. The predicted octanol–water partition coefficient (Wildman–Crippen LogP) is 3.02. The molecule has 0 radical (unpaired) electrons. The first kappa shape index (κ1) is 21.1. The molecular weight excluding hydrogens is 388 g/mol. The Bertz CT molecular complexity index is 892. The second-order valence-electron chi connectivity index (χ2n) is 5.82. The van der Waals surface area contributed by atoms with Crippen LogP contribution in [0, 0.1) is 0 Å². The van der Waals surface area contributed by atoms with Crippen molar-refractivity contribution in [2.75, 3.05) is 38.0 Å². The van der Waals surface area contributed by atoms with Gasteiger partial charge in [0.15, 0.2) is 9.34 Å². The number of carbonyl (C=O) groups is 1. The van der Waals surface area contributed by atoms with Gasteiger partial charge >= 0.3 is 6.03 Å². The second kappa shape index (κ2) is 8.68. The third kappa shape index (κ3) is 4.76. The molecule has 1 heterocycles. The number of nitrogens with one attached hydrogen (secondary N) is 1. The molecule has 0 bridgehead atoms. The van der Waals surface area contributed by atoms with Gasteiger partial charge in [-0.05, 0) is 37.6 Å². The first-order chi connectivity index (χ1) is 12.7. The topological polar surface area (TPSA) is 91.8 Å². The lowest BCUT2D eigenvalue weighted by Gasteiger charge is -2.15. The standard InChI is InChI=1S/C17H24N4O4S2/c1-6-14-15(27(23,24)20(3)4)26-17(19-14)21(5)16(22)18-12-8-10-13(11-9-12)25-7-2/h8-11H,6-7H2,1-5H3,(H,18,22). The molecule has 0 saturated heterocycles. The Morgan fingerprint density at radius 1 is 1.19 bits per heavy atom. The monoisotopic (exact) mass is 412 g/mol. The van der Waals surface area contributed by atoms with Gasteiger partial charge in [0.1, 0.15) is 5.75 Å². The van der Waals surface area contributed by atoms with Crippen molar-refractivity contribution in [1.82, 2.24) is 9.29 Å². The van der Waals surface area contributed by atoms with Crippen LogP contribution < -0.4 is 15.0 Å². The highest BCUT2D eigenvalue weighted by molar-refractivity contribution is 7.91. The molecular formula is C17H24N4O4S2. The summed E-state index contributed by atoms with van der Waals surface area (Å²) in [4.78, 5) is 18.1. The Morgan fingerprint density at radius 2 is 1.81 bits per heavy atom. The Morgan fingerprint density at radius 3 is 2.33 bits per heavy atom. The van der Waals surface area contributed by atoms with Crippen LogP contribution in [0.3, 0.4) is 0 Å². The SMILES string of the molecule is CCOc1ccc(NC(=O)N(C)c2nc(CC)c(S(=O)(=O)N(C)C)s2)cc1. The zero-order chi connectivity index (χ0) is 20.2. The van der Waals surface area contributed by atoms with Crippen LogP contribution in [0.15, 0.2) is 28.5 Å². The number of anilines is 2. The summed E-state index contributed by atoms with van der Waals surface area (Å²) in [6.45, 7) is 4.29. The molecule has 10 heteroatoms. The van der Waals surface area contributed by atoms with Crippen molar-refractivity contribution in [2.24, 2.45) is 0 Å². The van der Waals surface area contributed by atoms with E-state index in [1.807, 2.05) is 13.8 Å². The summed E-state index contributed by atoms with van der Waals surface area (Å²) in [5.41, 5.74) is 1.05. The molecule has 148 valence electrons. The minimum atomic E-state index is -3.61. The van der Waals surface area contributed by atoms with Gasteiger partial charge in [0.05, 0.1) is 12.3 Å². The van der Waals surface area contributed by atoms with E-state index in [1.165, 1.54) is 19.0 Å². The number of hydrogen-bond acceptors (Lipinski definition) is 6. The highest BCUT2D eigenvalue weighted by Crippen LogP contribution is 2.32. The number of urea groups is 1. The van der Waals surface area contributed by atoms with E-state index in [-0.39, 0.29) is 4.21 Å². The van der Waals surface area contributed by atoms with Gasteiger partial charge in [0.25, 0.3) is 10.0 Å². The van der Waals surface area contributed by atoms with E-state index in [4.69, 9.17) is 4.74 Å². The van der Waals surface area contributed by atoms with E-state index in [0.717, 1.165) is 21.4 Å². The van der Waals surface area contributed by atoms with Gasteiger partial charge in [-0.1, -0.05) is 18.3 Å². The Balaban J connectivity index is 2.20. The molecule has 1 N–H and O–H groups in total. The summed E-state index contributed by atoms with van der Waals surface area (Å²) >= 11 is 0.980. The van der Waals surface area contributed by atoms with E-state index < -0.39 is 16.1 Å². The molecule has 1 aromatic heterocycles. The number of aryl methyl sites for hydroxylation is 1. The zero-order valence-corrected chi connectivity index (χ0v) is 17.6. The summed E-state index contributed by atoms with van der Waals surface area (Å²) in [5, 5.41) is 3.07.